The Morgan fingerprint density at radius 1 is 0.750 bits per heavy atom. The predicted octanol–water partition coefficient (Wildman–Crippen LogP) is 4.94. The van der Waals surface area contributed by atoms with Crippen LogP contribution in [0.2, 0.25) is 0 Å². The fourth-order valence-corrected chi connectivity index (χ4v) is 2.73. The number of hydrogen-bond acceptors (Lipinski definition) is 4. The van der Waals surface area contributed by atoms with Crippen LogP contribution in [-0.2, 0) is 14.4 Å². The van der Waals surface area contributed by atoms with Gasteiger partial charge in [-0.1, -0.05) is 36.4 Å². The topological polar surface area (TPSA) is 55.4 Å². The average Bonchev–Trinajstić information content (AvgIpc) is 2.58. The fourth-order valence-electron chi connectivity index (χ4n) is 1.98. The maximum atomic E-state index is 13.5. The van der Waals surface area contributed by atoms with E-state index in [9.17, 15) is 47.9 Å². The summed E-state index contributed by atoms with van der Waals surface area (Å²) in [5.74, 6) is -14.7. The second kappa shape index (κ2) is 6.69. The van der Waals surface area contributed by atoms with Crippen molar-refractivity contribution in [2.24, 2.45) is 0 Å². The molecule has 0 amide bonds. The molecule has 2 aromatic carbocycles. The molecular formula is C14H8F9NO3S. The normalized spacial score (nSPS) is 14.3. The molecule has 0 unspecified atom stereocenters. The van der Waals surface area contributed by atoms with Crippen molar-refractivity contribution in [2.45, 2.75) is 23.3 Å². The maximum Gasteiger partial charge on any atom is 0.460 e. The number of fused-ring (bicyclic) bond motifs is 1. The van der Waals surface area contributed by atoms with Crippen LogP contribution in [0, 0.1) is 0 Å². The Labute approximate surface area is 151 Å². The summed E-state index contributed by atoms with van der Waals surface area (Å²) in [6, 6.07) is 9.59. The lowest BCUT2D eigenvalue weighted by Crippen LogP contribution is -2.63. The highest BCUT2D eigenvalue weighted by atomic mass is 32.2. The number of rotatable bonds is 6. The van der Waals surface area contributed by atoms with Crippen LogP contribution in [0.5, 0.6) is 0 Å². The molecule has 0 saturated heterocycles. The summed E-state index contributed by atoms with van der Waals surface area (Å²) in [6.07, 6.45) is -7.15. The van der Waals surface area contributed by atoms with Gasteiger partial charge in [-0.05, 0) is 11.5 Å². The van der Waals surface area contributed by atoms with Crippen molar-refractivity contribution in [3.8, 4) is 0 Å². The van der Waals surface area contributed by atoms with Crippen LogP contribution in [-0.4, -0.2) is 31.7 Å². The molecule has 0 spiro atoms. The molecule has 0 fully saturated rings. The standard InChI is InChI=1S/C14H8F9NO3S/c15-11(16,13(19,20)21)12(17,18)14(22,23)28(25,26)27-24-10-7-3-5-8-4-1-2-6-9(8)10/h1-7,24H. The van der Waals surface area contributed by atoms with Crippen molar-refractivity contribution in [1.82, 2.24) is 0 Å². The fraction of sp³-hybridized carbons (Fsp3) is 0.286. The van der Waals surface area contributed by atoms with Crippen LogP contribution in [0.15, 0.2) is 42.5 Å². The maximum absolute atomic E-state index is 13.5. The van der Waals surface area contributed by atoms with Gasteiger partial charge in [0.25, 0.3) is 0 Å². The third-order valence-corrected chi connectivity index (χ3v) is 4.67. The second-order valence-corrected chi connectivity index (χ2v) is 6.92. The minimum absolute atomic E-state index is 0.149. The Morgan fingerprint density at radius 3 is 1.86 bits per heavy atom. The van der Waals surface area contributed by atoms with Gasteiger partial charge in [0, 0.05) is 5.39 Å². The Morgan fingerprint density at radius 2 is 1.29 bits per heavy atom. The molecule has 4 nitrogen and oxygen atoms in total. The molecule has 1 N–H and O–H groups in total. The van der Waals surface area contributed by atoms with Crippen molar-refractivity contribution in [1.29, 1.82) is 0 Å². The van der Waals surface area contributed by atoms with Gasteiger partial charge in [0.15, 0.2) is 0 Å². The smallest absolute Gasteiger partial charge is 0.249 e. The lowest BCUT2D eigenvalue weighted by Gasteiger charge is -2.32. The lowest BCUT2D eigenvalue weighted by atomic mass is 10.1. The highest BCUT2D eigenvalue weighted by Gasteiger charge is 2.86. The minimum atomic E-state index is -7.36. The molecule has 14 heteroatoms. The summed E-state index contributed by atoms with van der Waals surface area (Å²) < 4.78 is 142. The van der Waals surface area contributed by atoms with Gasteiger partial charge in [-0.2, -0.15) is 47.9 Å². The molecule has 0 aliphatic heterocycles. The Kier molecular flexibility index (Phi) is 5.27. The van der Waals surface area contributed by atoms with E-state index in [1.165, 1.54) is 41.9 Å². The van der Waals surface area contributed by atoms with Gasteiger partial charge in [0.1, 0.15) is 0 Å². The van der Waals surface area contributed by atoms with Crippen molar-refractivity contribution in [3.05, 3.63) is 42.5 Å². The zero-order chi connectivity index (χ0) is 21.6. The average molecular weight is 441 g/mol. The largest absolute Gasteiger partial charge is 0.460 e. The van der Waals surface area contributed by atoms with Crippen molar-refractivity contribution in [3.63, 3.8) is 0 Å². The van der Waals surface area contributed by atoms with Crippen LogP contribution >= 0.6 is 0 Å². The van der Waals surface area contributed by atoms with Gasteiger partial charge in [-0.25, -0.2) is 5.48 Å². The summed E-state index contributed by atoms with van der Waals surface area (Å²) in [5.41, 5.74) is 1.01. The molecule has 28 heavy (non-hydrogen) atoms. The van der Waals surface area contributed by atoms with E-state index in [4.69, 9.17) is 0 Å². The van der Waals surface area contributed by atoms with E-state index in [1.807, 2.05) is 0 Å². The molecule has 2 rings (SSSR count). The summed E-state index contributed by atoms with van der Waals surface area (Å²) in [6.45, 7) is 0. The molecule has 0 atom stereocenters. The first kappa shape index (κ1) is 22.1. The number of nitrogens with one attached hydrogen (secondary N) is 1. The first-order chi connectivity index (χ1) is 12.6. The second-order valence-electron chi connectivity index (χ2n) is 5.33. The number of alkyl halides is 9. The summed E-state index contributed by atoms with van der Waals surface area (Å²) in [4.78, 5) is 0. The number of halogens is 9. The predicted molar refractivity (Wildman–Crippen MR) is 78.5 cm³/mol. The van der Waals surface area contributed by atoms with E-state index in [1.54, 1.807) is 0 Å². The van der Waals surface area contributed by atoms with Crippen LogP contribution in [0.1, 0.15) is 0 Å². The zero-order valence-corrected chi connectivity index (χ0v) is 13.9. The molecule has 0 aliphatic carbocycles. The number of benzene rings is 2. The molecule has 0 radical (unpaired) electrons. The van der Waals surface area contributed by atoms with Crippen LogP contribution in [0.3, 0.4) is 0 Å². The number of anilines is 1. The molecule has 0 heterocycles. The molecule has 0 saturated carbocycles. The van der Waals surface area contributed by atoms with Crippen LogP contribution < -0.4 is 5.48 Å². The molecular weight excluding hydrogens is 433 g/mol. The van der Waals surface area contributed by atoms with Crippen molar-refractivity contribution >= 4 is 26.6 Å². The summed E-state index contributed by atoms with van der Waals surface area (Å²) >= 11 is 0. The highest BCUT2D eigenvalue weighted by molar-refractivity contribution is 7.87. The van der Waals surface area contributed by atoms with Crippen molar-refractivity contribution < 1.29 is 52.2 Å². The van der Waals surface area contributed by atoms with E-state index < -0.39 is 33.4 Å². The van der Waals surface area contributed by atoms with Gasteiger partial charge in [-0.15, -0.1) is 4.28 Å². The Balaban J connectivity index is 2.37. The third kappa shape index (κ3) is 3.34. The molecule has 0 aliphatic rings. The van der Waals surface area contributed by atoms with E-state index in [0.717, 1.165) is 6.07 Å². The van der Waals surface area contributed by atoms with Gasteiger partial charge < -0.3 is 0 Å². The SMILES string of the molecule is O=S(=O)(ONc1cccc2ccccc12)C(F)(F)C(F)(F)C(F)(F)C(F)(F)F. The summed E-state index contributed by atoms with van der Waals surface area (Å²) in [5, 5.41) is -6.37. The molecule has 156 valence electrons. The minimum Gasteiger partial charge on any atom is -0.249 e. The van der Waals surface area contributed by atoms with Crippen LogP contribution in [0.4, 0.5) is 45.2 Å². The van der Waals surface area contributed by atoms with Crippen LogP contribution in [0.25, 0.3) is 10.8 Å². The van der Waals surface area contributed by atoms with E-state index >= 15 is 0 Å². The first-order valence-electron chi connectivity index (χ1n) is 6.93. The first-order valence-corrected chi connectivity index (χ1v) is 8.34. The molecule has 2 aromatic rings. The van der Waals surface area contributed by atoms with E-state index in [0.29, 0.717) is 5.39 Å². The molecule has 0 aromatic heterocycles. The Bertz CT molecular complexity index is 968. The number of hydrogen-bond donors (Lipinski definition) is 1. The zero-order valence-electron chi connectivity index (χ0n) is 13.1. The quantitative estimate of drug-likeness (QED) is 0.510. The monoisotopic (exact) mass is 441 g/mol. The summed E-state index contributed by atoms with van der Waals surface area (Å²) in [7, 11) is -7.00. The van der Waals surface area contributed by atoms with Gasteiger partial charge in [0.2, 0.25) is 0 Å². The molecule has 0 bridgehead atoms. The van der Waals surface area contributed by atoms with E-state index in [-0.39, 0.29) is 11.1 Å². The lowest BCUT2D eigenvalue weighted by molar-refractivity contribution is -0.382. The van der Waals surface area contributed by atoms with Crippen molar-refractivity contribution in [2.75, 3.05) is 5.48 Å². The van der Waals surface area contributed by atoms with Gasteiger partial charge in [0.05, 0.1) is 5.69 Å². The van der Waals surface area contributed by atoms with Gasteiger partial charge >= 0.3 is 33.4 Å². The third-order valence-electron chi connectivity index (χ3n) is 3.48. The van der Waals surface area contributed by atoms with E-state index in [2.05, 4.69) is 4.28 Å². The van der Waals surface area contributed by atoms with Gasteiger partial charge in [-0.3, -0.25) is 0 Å². The Hall–Kier alpha value is -2.22. The highest BCUT2D eigenvalue weighted by Crippen LogP contribution is 2.54.